The van der Waals surface area contributed by atoms with Crippen LogP contribution in [0, 0.1) is 5.92 Å². The van der Waals surface area contributed by atoms with Crippen molar-refractivity contribution in [1.82, 2.24) is 0 Å². The number of halogens is 1. The SMILES string of the molecule is O=C(c1csc2c(Br)cccc12)C1CCOC1. The van der Waals surface area contributed by atoms with Crippen molar-refractivity contribution in [2.24, 2.45) is 5.92 Å². The molecule has 1 atom stereocenters. The second-order valence-electron chi connectivity index (χ2n) is 4.19. The Labute approximate surface area is 112 Å². The van der Waals surface area contributed by atoms with Gasteiger partial charge in [-0.3, -0.25) is 4.79 Å². The lowest BCUT2D eigenvalue weighted by atomic mass is 9.97. The van der Waals surface area contributed by atoms with E-state index in [9.17, 15) is 4.79 Å². The highest BCUT2D eigenvalue weighted by atomic mass is 79.9. The van der Waals surface area contributed by atoms with Crippen molar-refractivity contribution in [2.75, 3.05) is 13.2 Å². The van der Waals surface area contributed by atoms with E-state index in [1.165, 1.54) is 0 Å². The lowest BCUT2D eigenvalue weighted by Crippen LogP contribution is -2.13. The molecular formula is C13H11BrO2S. The predicted molar refractivity (Wildman–Crippen MR) is 72.8 cm³/mol. The number of Topliss-reactive ketones (excluding diaryl/α,β-unsaturated/α-hetero) is 1. The zero-order chi connectivity index (χ0) is 11.8. The zero-order valence-electron chi connectivity index (χ0n) is 9.11. The minimum atomic E-state index is 0.0479. The molecule has 1 unspecified atom stereocenters. The van der Waals surface area contributed by atoms with Gasteiger partial charge in [-0.1, -0.05) is 12.1 Å². The number of carbonyl (C=O) groups is 1. The van der Waals surface area contributed by atoms with E-state index in [0.29, 0.717) is 13.2 Å². The van der Waals surface area contributed by atoms with E-state index in [-0.39, 0.29) is 11.7 Å². The number of thiophene rings is 1. The van der Waals surface area contributed by atoms with Crippen LogP contribution in [0.5, 0.6) is 0 Å². The Bertz CT molecular complexity index is 570. The maximum Gasteiger partial charge on any atom is 0.169 e. The molecule has 17 heavy (non-hydrogen) atoms. The second kappa shape index (κ2) is 4.52. The Kier molecular flexibility index (Phi) is 3.03. The topological polar surface area (TPSA) is 26.3 Å². The van der Waals surface area contributed by atoms with Gasteiger partial charge in [-0.2, -0.15) is 0 Å². The minimum Gasteiger partial charge on any atom is -0.381 e. The van der Waals surface area contributed by atoms with Gasteiger partial charge >= 0.3 is 0 Å². The summed E-state index contributed by atoms with van der Waals surface area (Å²) in [7, 11) is 0. The molecule has 0 N–H and O–H groups in total. The average molecular weight is 311 g/mol. The van der Waals surface area contributed by atoms with E-state index in [1.807, 2.05) is 23.6 Å². The van der Waals surface area contributed by atoms with Crippen LogP contribution in [0.1, 0.15) is 16.8 Å². The summed E-state index contributed by atoms with van der Waals surface area (Å²) < 4.78 is 7.49. The third-order valence-electron chi connectivity index (χ3n) is 3.12. The maximum absolute atomic E-state index is 12.3. The lowest BCUT2D eigenvalue weighted by Gasteiger charge is -2.05. The number of rotatable bonds is 2. The molecule has 0 aliphatic carbocycles. The highest BCUT2D eigenvalue weighted by molar-refractivity contribution is 9.10. The van der Waals surface area contributed by atoms with Crippen LogP contribution in [0.25, 0.3) is 10.1 Å². The summed E-state index contributed by atoms with van der Waals surface area (Å²) in [4.78, 5) is 12.3. The Hall–Kier alpha value is -0.710. The molecule has 88 valence electrons. The van der Waals surface area contributed by atoms with Crippen molar-refractivity contribution in [3.63, 3.8) is 0 Å². The monoisotopic (exact) mass is 310 g/mol. The van der Waals surface area contributed by atoms with Gasteiger partial charge in [0.1, 0.15) is 0 Å². The third kappa shape index (κ3) is 1.94. The van der Waals surface area contributed by atoms with Crippen LogP contribution in [0.15, 0.2) is 28.1 Å². The van der Waals surface area contributed by atoms with E-state index in [1.54, 1.807) is 11.3 Å². The molecule has 1 aromatic carbocycles. The summed E-state index contributed by atoms with van der Waals surface area (Å²) in [6, 6.07) is 5.99. The fraction of sp³-hybridized carbons (Fsp3) is 0.308. The van der Waals surface area contributed by atoms with Gasteiger partial charge in [-0.15, -0.1) is 11.3 Å². The van der Waals surface area contributed by atoms with Gasteiger partial charge in [-0.05, 0) is 28.4 Å². The van der Waals surface area contributed by atoms with Crippen molar-refractivity contribution in [1.29, 1.82) is 0 Å². The minimum absolute atomic E-state index is 0.0479. The smallest absolute Gasteiger partial charge is 0.169 e. The van der Waals surface area contributed by atoms with Crippen LogP contribution in [0.4, 0.5) is 0 Å². The van der Waals surface area contributed by atoms with Gasteiger partial charge in [0.25, 0.3) is 0 Å². The summed E-state index contributed by atoms with van der Waals surface area (Å²) in [5.74, 6) is 0.277. The lowest BCUT2D eigenvalue weighted by molar-refractivity contribution is 0.0902. The molecule has 0 radical (unpaired) electrons. The van der Waals surface area contributed by atoms with E-state index in [4.69, 9.17) is 4.74 Å². The van der Waals surface area contributed by atoms with Gasteiger partial charge in [0.2, 0.25) is 0 Å². The molecule has 0 spiro atoms. The summed E-state index contributed by atoms with van der Waals surface area (Å²) in [5, 5.41) is 3.03. The number of hydrogen-bond acceptors (Lipinski definition) is 3. The maximum atomic E-state index is 12.3. The predicted octanol–water partition coefficient (Wildman–Crippen LogP) is 3.88. The number of fused-ring (bicyclic) bond motifs is 1. The summed E-state index contributed by atoms with van der Waals surface area (Å²) in [5.41, 5.74) is 0.849. The van der Waals surface area contributed by atoms with Crippen LogP contribution in [0.2, 0.25) is 0 Å². The van der Waals surface area contributed by atoms with E-state index < -0.39 is 0 Å². The first-order valence-corrected chi connectivity index (χ1v) is 7.22. The van der Waals surface area contributed by atoms with Crippen LogP contribution in [0.3, 0.4) is 0 Å². The molecule has 1 saturated heterocycles. The molecule has 1 aliphatic rings. The van der Waals surface area contributed by atoms with E-state index >= 15 is 0 Å². The van der Waals surface area contributed by atoms with Gasteiger partial charge in [0, 0.05) is 38.0 Å². The Morgan fingerprint density at radius 2 is 2.35 bits per heavy atom. The average Bonchev–Trinajstić information content (AvgIpc) is 2.98. The molecule has 0 bridgehead atoms. The summed E-state index contributed by atoms with van der Waals surface area (Å²) in [6.45, 7) is 1.28. The fourth-order valence-corrected chi connectivity index (χ4v) is 3.79. The molecule has 3 rings (SSSR count). The van der Waals surface area contributed by atoms with Crippen molar-refractivity contribution in [3.05, 3.63) is 33.6 Å². The highest BCUT2D eigenvalue weighted by Crippen LogP contribution is 2.34. The van der Waals surface area contributed by atoms with Gasteiger partial charge < -0.3 is 4.74 Å². The number of ketones is 1. The van der Waals surface area contributed by atoms with Crippen molar-refractivity contribution in [2.45, 2.75) is 6.42 Å². The molecule has 2 heterocycles. The molecule has 2 aromatic rings. The summed E-state index contributed by atoms with van der Waals surface area (Å²) >= 11 is 5.14. The normalized spacial score (nSPS) is 19.9. The van der Waals surface area contributed by atoms with E-state index in [2.05, 4.69) is 15.9 Å². The Balaban J connectivity index is 2.05. The number of carbonyl (C=O) groups excluding carboxylic acids is 1. The quantitative estimate of drug-likeness (QED) is 0.787. The second-order valence-corrected chi connectivity index (χ2v) is 5.92. The fourth-order valence-electron chi connectivity index (χ4n) is 2.17. The largest absolute Gasteiger partial charge is 0.381 e. The molecule has 4 heteroatoms. The first-order chi connectivity index (χ1) is 8.27. The van der Waals surface area contributed by atoms with Crippen LogP contribution in [-0.4, -0.2) is 19.0 Å². The zero-order valence-corrected chi connectivity index (χ0v) is 11.5. The first-order valence-electron chi connectivity index (χ1n) is 5.55. The van der Waals surface area contributed by atoms with Gasteiger partial charge in [-0.25, -0.2) is 0 Å². The first kappa shape index (κ1) is 11.4. The third-order valence-corrected chi connectivity index (χ3v) is 5.07. The van der Waals surface area contributed by atoms with Gasteiger partial charge in [0.05, 0.1) is 6.61 Å². The molecule has 1 fully saturated rings. The number of hydrogen-bond donors (Lipinski definition) is 0. The molecule has 0 amide bonds. The Morgan fingerprint density at radius 1 is 1.47 bits per heavy atom. The van der Waals surface area contributed by atoms with Crippen molar-refractivity contribution < 1.29 is 9.53 Å². The molecule has 1 aromatic heterocycles. The number of ether oxygens (including phenoxy) is 1. The van der Waals surface area contributed by atoms with E-state index in [0.717, 1.165) is 26.5 Å². The molecule has 2 nitrogen and oxygen atoms in total. The van der Waals surface area contributed by atoms with Crippen molar-refractivity contribution in [3.8, 4) is 0 Å². The summed E-state index contributed by atoms with van der Waals surface area (Å²) in [6.07, 6.45) is 0.851. The molecule has 0 saturated carbocycles. The highest BCUT2D eigenvalue weighted by Gasteiger charge is 2.26. The standard InChI is InChI=1S/C13H11BrO2S/c14-11-3-1-2-9-10(7-17-13(9)11)12(15)8-4-5-16-6-8/h1-3,7-8H,4-6H2. The van der Waals surface area contributed by atoms with Crippen LogP contribution in [-0.2, 0) is 4.74 Å². The Morgan fingerprint density at radius 3 is 3.12 bits per heavy atom. The molecular weight excluding hydrogens is 300 g/mol. The molecule has 1 aliphatic heterocycles. The van der Waals surface area contributed by atoms with Crippen LogP contribution < -0.4 is 0 Å². The van der Waals surface area contributed by atoms with Crippen LogP contribution >= 0.6 is 27.3 Å². The number of benzene rings is 1. The van der Waals surface area contributed by atoms with Gasteiger partial charge in [0.15, 0.2) is 5.78 Å². The van der Waals surface area contributed by atoms with Crippen molar-refractivity contribution >= 4 is 43.1 Å².